The van der Waals surface area contributed by atoms with Crippen molar-refractivity contribution in [3.63, 3.8) is 0 Å². The van der Waals surface area contributed by atoms with Crippen molar-refractivity contribution in [3.05, 3.63) is 66.0 Å². The average Bonchev–Trinajstić information content (AvgIpc) is 2.49. The maximum absolute atomic E-state index is 13.4. The molecule has 21 heavy (non-hydrogen) atoms. The summed E-state index contributed by atoms with van der Waals surface area (Å²) in [5, 5.41) is 2.70. The topological polar surface area (TPSA) is 38.3 Å². The van der Waals surface area contributed by atoms with Crippen molar-refractivity contribution < 1.29 is 13.9 Å². The Hall–Kier alpha value is -2.62. The lowest BCUT2D eigenvalue weighted by molar-refractivity contribution is -0.111. The maximum Gasteiger partial charge on any atom is 0.248 e. The fourth-order valence-electron chi connectivity index (χ4n) is 1.76. The highest BCUT2D eigenvalue weighted by Gasteiger charge is 2.00. The van der Waals surface area contributed by atoms with E-state index in [2.05, 4.69) is 5.32 Å². The van der Waals surface area contributed by atoms with Crippen molar-refractivity contribution in [2.75, 3.05) is 11.9 Å². The van der Waals surface area contributed by atoms with Gasteiger partial charge in [-0.05, 0) is 43.3 Å². The number of amides is 1. The third-order valence-electron chi connectivity index (χ3n) is 2.75. The molecule has 0 unspecified atom stereocenters. The highest BCUT2D eigenvalue weighted by atomic mass is 19.1. The van der Waals surface area contributed by atoms with E-state index in [-0.39, 0.29) is 11.7 Å². The Morgan fingerprint density at radius 2 is 1.90 bits per heavy atom. The molecular weight excluding hydrogens is 269 g/mol. The van der Waals surface area contributed by atoms with E-state index in [1.54, 1.807) is 42.5 Å². The van der Waals surface area contributed by atoms with E-state index in [1.807, 2.05) is 6.92 Å². The Morgan fingerprint density at radius 1 is 1.19 bits per heavy atom. The molecule has 0 saturated carbocycles. The molecule has 3 nitrogen and oxygen atoms in total. The molecule has 0 aromatic heterocycles. The zero-order valence-electron chi connectivity index (χ0n) is 11.7. The first-order valence-electron chi connectivity index (χ1n) is 6.65. The minimum atomic E-state index is -0.359. The standard InChI is InChI=1S/C17H16FNO2/c1-2-21-15-10-8-14(9-11-15)19-17(20)12-7-13-5-3-4-6-16(13)18/h3-12H,2H2,1H3,(H,19,20)/b12-7+. The van der Waals surface area contributed by atoms with Gasteiger partial charge in [0.2, 0.25) is 5.91 Å². The van der Waals surface area contributed by atoms with Crippen molar-refractivity contribution in [2.24, 2.45) is 0 Å². The molecule has 2 aromatic rings. The molecule has 0 bridgehead atoms. The van der Waals surface area contributed by atoms with Gasteiger partial charge in [0.25, 0.3) is 0 Å². The Labute approximate surface area is 123 Å². The van der Waals surface area contributed by atoms with Crippen LogP contribution in [0.4, 0.5) is 10.1 Å². The van der Waals surface area contributed by atoms with Crippen LogP contribution in [0.1, 0.15) is 12.5 Å². The van der Waals surface area contributed by atoms with E-state index in [0.717, 1.165) is 5.75 Å². The van der Waals surface area contributed by atoms with Gasteiger partial charge in [-0.3, -0.25) is 4.79 Å². The van der Waals surface area contributed by atoms with Crippen LogP contribution in [0.3, 0.4) is 0 Å². The molecular formula is C17H16FNO2. The number of halogens is 1. The van der Waals surface area contributed by atoms with Crippen LogP contribution >= 0.6 is 0 Å². The fourth-order valence-corrected chi connectivity index (χ4v) is 1.76. The van der Waals surface area contributed by atoms with Gasteiger partial charge in [0, 0.05) is 17.3 Å². The van der Waals surface area contributed by atoms with Crippen molar-refractivity contribution in [1.29, 1.82) is 0 Å². The van der Waals surface area contributed by atoms with E-state index < -0.39 is 0 Å². The van der Waals surface area contributed by atoms with E-state index in [9.17, 15) is 9.18 Å². The van der Waals surface area contributed by atoms with Crippen LogP contribution in [0, 0.1) is 5.82 Å². The molecule has 0 saturated heterocycles. The summed E-state index contributed by atoms with van der Waals surface area (Å²) in [4.78, 5) is 11.8. The van der Waals surface area contributed by atoms with E-state index >= 15 is 0 Å². The SMILES string of the molecule is CCOc1ccc(NC(=O)/C=C/c2ccccc2F)cc1. The van der Waals surface area contributed by atoms with E-state index in [0.29, 0.717) is 17.9 Å². The zero-order valence-corrected chi connectivity index (χ0v) is 11.7. The lowest BCUT2D eigenvalue weighted by atomic mass is 10.2. The van der Waals surface area contributed by atoms with Gasteiger partial charge in [-0.25, -0.2) is 4.39 Å². The van der Waals surface area contributed by atoms with Crippen LogP contribution < -0.4 is 10.1 Å². The maximum atomic E-state index is 13.4. The molecule has 4 heteroatoms. The van der Waals surface area contributed by atoms with Gasteiger partial charge in [-0.2, -0.15) is 0 Å². The monoisotopic (exact) mass is 285 g/mol. The van der Waals surface area contributed by atoms with E-state index in [1.165, 1.54) is 18.2 Å². The summed E-state index contributed by atoms with van der Waals surface area (Å²) in [6, 6.07) is 13.3. The largest absolute Gasteiger partial charge is 0.494 e. The first kappa shape index (κ1) is 14.8. The highest BCUT2D eigenvalue weighted by Crippen LogP contribution is 2.15. The third-order valence-corrected chi connectivity index (χ3v) is 2.75. The predicted octanol–water partition coefficient (Wildman–Crippen LogP) is 3.88. The number of benzene rings is 2. The normalized spacial score (nSPS) is 10.6. The summed E-state index contributed by atoms with van der Waals surface area (Å²) in [6.07, 6.45) is 2.74. The molecule has 2 aromatic carbocycles. The molecule has 0 spiro atoms. The number of nitrogens with one attached hydrogen (secondary N) is 1. The molecule has 2 rings (SSSR count). The van der Waals surface area contributed by atoms with Crippen molar-refractivity contribution in [1.82, 2.24) is 0 Å². The number of hydrogen-bond donors (Lipinski definition) is 1. The number of rotatable bonds is 5. The second-order valence-corrected chi connectivity index (χ2v) is 4.30. The Kier molecular flexibility index (Phi) is 5.10. The summed E-state index contributed by atoms with van der Waals surface area (Å²) in [5.74, 6) is 0.0717. The molecule has 1 N–H and O–H groups in total. The summed E-state index contributed by atoms with van der Waals surface area (Å²) in [7, 11) is 0. The summed E-state index contributed by atoms with van der Waals surface area (Å²) >= 11 is 0. The van der Waals surface area contributed by atoms with Gasteiger partial charge >= 0.3 is 0 Å². The fraction of sp³-hybridized carbons (Fsp3) is 0.118. The van der Waals surface area contributed by atoms with Gasteiger partial charge in [0.05, 0.1) is 6.61 Å². The lowest BCUT2D eigenvalue weighted by Crippen LogP contribution is -2.07. The first-order valence-corrected chi connectivity index (χ1v) is 6.65. The summed E-state index contributed by atoms with van der Waals surface area (Å²) in [6.45, 7) is 2.50. The molecule has 0 fully saturated rings. The summed E-state index contributed by atoms with van der Waals surface area (Å²) < 4.78 is 18.7. The van der Waals surface area contributed by atoms with Crippen molar-refractivity contribution >= 4 is 17.7 Å². The highest BCUT2D eigenvalue weighted by molar-refractivity contribution is 6.01. The molecule has 0 atom stereocenters. The number of carbonyl (C=O) groups excluding carboxylic acids is 1. The Morgan fingerprint density at radius 3 is 2.57 bits per heavy atom. The van der Waals surface area contributed by atoms with Gasteiger partial charge in [-0.15, -0.1) is 0 Å². The van der Waals surface area contributed by atoms with Crippen molar-refractivity contribution in [2.45, 2.75) is 6.92 Å². The van der Waals surface area contributed by atoms with Gasteiger partial charge < -0.3 is 10.1 Å². The molecule has 0 aliphatic heterocycles. The molecule has 1 amide bonds. The molecule has 108 valence electrons. The molecule has 0 aliphatic carbocycles. The number of anilines is 1. The summed E-state index contributed by atoms with van der Waals surface area (Å²) in [5.41, 5.74) is 1.03. The zero-order chi connectivity index (χ0) is 15.1. The Bertz CT molecular complexity index is 635. The second-order valence-electron chi connectivity index (χ2n) is 4.30. The van der Waals surface area contributed by atoms with Crippen LogP contribution in [0.2, 0.25) is 0 Å². The smallest absolute Gasteiger partial charge is 0.248 e. The van der Waals surface area contributed by atoms with Crippen LogP contribution in [0.15, 0.2) is 54.6 Å². The van der Waals surface area contributed by atoms with Gasteiger partial charge in [-0.1, -0.05) is 18.2 Å². The minimum absolute atomic E-state index is 0.317. The van der Waals surface area contributed by atoms with Crippen molar-refractivity contribution in [3.8, 4) is 5.75 Å². The van der Waals surface area contributed by atoms with E-state index in [4.69, 9.17) is 4.74 Å². The molecule has 0 heterocycles. The van der Waals surface area contributed by atoms with Gasteiger partial charge in [0.1, 0.15) is 11.6 Å². The van der Waals surface area contributed by atoms with Gasteiger partial charge in [0.15, 0.2) is 0 Å². The minimum Gasteiger partial charge on any atom is -0.494 e. The quantitative estimate of drug-likeness (QED) is 0.847. The third kappa shape index (κ3) is 4.45. The van der Waals surface area contributed by atoms with Crippen LogP contribution in [0.5, 0.6) is 5.75 Å². The number of ether oxygens (including phenoxy) is 1. The average molecular weight is 285 g/mol. The number of carbonyl (C=O) groups is 1. The second kappa shape index (κ2) is 7.24. The van der Waals surface area contributed by atoms with Crippen LogP contribution in [-0.4, -0.2) is 12.5 Å². The molecule has 0 aliphatic rings. The lowest BCUT2D eigenvalue weighted by Gasteiger charge is -2.05. The predicted molar refractivity (Wildman–Crippen MR) is 81.7 cm³/mol. The molecule has 0 radical (unpaired) electrons. The van der Waals surface area contributed by atoms with Crippen LogP contribution in [0.25, 0.3) is 6.08 Å². The Balaban J connectivity index is 1.97. The number of hydrogen-bond acceptors (Lipinski definition) is 2. The van der Waals surface area contributed by atoms with Crippen LogP contribution in [-0.2, 0) is 4.79 Å². The first-order chi connectivity index (χ1) is 10.2.